The van der Waals surface area contributed by atoms with Gasteiger partial charge in [0.25, 0.3) is 0 Å². The van der Waals surface area contributed by atoms with Gasteiger partial charge in [-0.15, -0.1) is 0 Å². The summed E-state index contributed by atoms with van der Waals surface area (Å²) >= 11 is 0. The van der Waals surface area contributed by atoms with E-state index in [1.165, 1.54) is 7.69 Å². The Hall–Kier alpha value is -1.90. The highest BCUT2D eigenvalue weighted by atomic mass is 16.6. The van der Waals surface area contributed by atoms with Crippen LogP contribution in [-0.2, 0) is 10.8 Å². The second kappa shape index (κ2) is 6.70. The molecular weight excluding hydrogens is 283 g/mol. The minimum absolute atomic E-state index is 0.0216. The van der Waals surface area contributed by atoms with E-state index in [-0.39, 0.29) is 10.8 Å². The molecule has 2 rings (SSSR count). The normalized spacial score (nSPS) is 11.9. The molecule has 3 heteroatoms. The molecule has 2 aromatic rings. The second-order valence-corrected chi connectivity index (χ2v) is 7.82. The summed E-state index contributed by atoms with van der Waals surface area (Å²) in [6, 6.07) is 16.1. The average Bonchev–Trinajstić information content (AvgIpc) is 2.46. The van der Waals surface area contributed by atoms with Crippen molar-refractivity contribution >= 4 is 7.69 Å². The molecule has 121 valence electrons. The quantitative estimate of drug-likeness (QED) is 0.716. The largest absolute Gasteiger partial charge is 0.658 e. The standard InChI is InChI=1S/C20H26BO2/c1-19(2,3)15-11-7-9-13-17(15)22-21-23-18-14-10-8-12-16(18)20(4,5)6/h7-14H,1-6H3. The van der Waals surface area contributed by atoms with Gasteiger partial charge in [-0.1, -0.05) is 77.9 Å². The minimum atomic E-state index is 0.0216. The summed E-state index contributed by atoms with van der Waals surface area (Å²) in [5.74, 6) is 1.65. The van der Waals surface area contributed by atoms with Crippen molar-refractivity contribution in [1.29, 1.82) is 0 Å². The van der Waals surface area contributed by atoms with Gasteiger partial charge in [0.1, 0.15) is 11.5 Å². The maximum atomic E-state index is 5.79. The number of hydrogen-bond donors (Lipinski definition) is 0. The highest BCUT2D eigenvalue weighted by Crippen LogP contribution is 2.32. The molecule has 2 nitrogen and oxygen atoms in total. The molecule has 0 aliphatic rings. The molecule has 23 heavy (non-hydrogen) atoms. The third-order valence-corrected chi connectivity index (χ3v) is 3.74. The summed E-state index contributed by atoms with van der Waals surface area (Å²) in [7, 11) is 1.43. The van der Waals surface area contributed by atoms with Gasteiger partial charge >= 0.3 is 7.69 Å². The molecule has 0 aliphatic heterocycles. The lowest BCUT2D eigenvalue weighted by molar-refractivity contribution is 0.435. The van der Waals surface area contributed by atoms with Crippen molar-refractivity contribution in [3.63, 3.8) is 0 Å². The van der Waals surface area contributed by atoms with Gasteiger partial charge in [-0.2, -0.15) is 0 Å². The van der Waals surface area contributed by atoms with Crippen molar-refractivity contribution < 1.29 is 9.31 Å². The fraction of sp³-hybridized carbons (Fsp3) is 0.400. The molecule has 1 radical (unpaired) electrons. The van der Waals surface area contributed by atoms with Gasteiger partial charge in [0.2, 0.25) is 0 Å². The lowest BCUT2D eigenvalue weighted by Gasteiger charge is -2.24. The highest BCUT2D eigenvalue weighted by Gasteiger charge is 2.21. The summed E-state index contributed by atoms with van der Waals surface area (Å²) in [6.07, 6.45) is 0. The van der Waals surface area contributed by atoms with Crippen LogP contribution in [0.25, 0.3) is 0 Å². The van der Waals surface area contributed by atoms with E-state index in [0.717, 1.165) is 22.6 Å². The zero-order chi connectivity index (χ0) is 17.1. The predicted octanol–water partition coefficient (Wildman–Crippen LogP) is 5.27. The molecule has 0 aliphatic carbocycles. The summed E-state index contributed by atoms with van der Waals surface area (Å²) in [4.78, 5) is 0. The van der Waals surface area contributed by atoms with Crippen molar-refractivity contribution in [3.05, 3.63) is 59.7 Å². The van der Waals surface area contributed by atoms with Crippen molar-refractivity contribution in [1.82, 2.24) is 0 Å². The van der Waals surface area contributed by atoms with Crippen LogP contribution in [0.2, 0.25) is 0 Å². The molecule has 0 atom stereocenters. The minimum Gasteiger partial charge on any atom is -0.526 e. The van der Waals surface area contributed by atoms with E-state index in [1.54, 1.807) is 0 Å². The van der Waals surface area contributed by atoms with E-state index in [4.69, 9.17) is 9.31 Å². The summed E-state index contributed by atoms with van der Waals surface area (Å²) in [5, 5.41) is 0. The van der Waals surface area contributed by atoms with E-state index in [1.807, 2.05) is 36.4 Å². The second-order valence-electron chi connectivity index (χ2n) is 7.82. The van der Waals surface area contributed by atoms with Gasteiger partial charge in [-0.05, 0) is 34.1 Å². The Morgan fingerprint density at radius 3 is 1.30 bits per heavy atom. The van der Waals surface area contributed by atoms with Crippen molar-refractivity contribution in [2.75, 3.05) is 0 Å². The van der Waals surface area contributed by atoms with Crippen molar-refractivity contribution in [3.8, 4) is 11.5 Å². The van der Waals surface area contributed by atoms with Crippen LogP contribution < -0.4 is 9.31 Å². The lowest BCUT2D eigenvalue weighted by Crippen LogP contribution is -2.19. The number of hydrogen-bond acceptors (Lipinski definition) is 2. The molecule has 0 bridgehead atoms. The Kier molecular flexibility index (Phi) is 5.08. The van der Waals surface area contributed by atoms with Crippen LogP contribution in [-0.4, -0.2) is 7.69 Å². The Balaban J connectivity index is 2.11. The van der Waals surface area contributed by atoms with Crippen LogP contribution in [0.3, 0.4) is 0 Å². The monoisotopic (exact) mass is 309 g/mol. The first-order valence-electron chi connectivity index (χ1n) is 8.03. The fourth-order valence-corrected chi connectivity index (χ4v) is 2.51. The Labute approximate surface area is 141 Å². The van der Waals surface area contributed by atoms with Gasteiger partial charge in [0, 0.05) is 0 Å². The molecule has 0 heterocycles. The smallest absolute Gasteiger partial charge is 0.526 e. The van der Waals surface area contributed by atoms with Crippen LogP contribution in [0.1, 0.15) is 52.7 Å². The average molecular weight is 309 g/mol. The topological polar surface area (TPSA) is 18.5 Å². The summed E-state index contributed by atoms with van der Waals surface area (Å²) in [5.41, 5.74) is 2.36. The molecule has 0 fully saturated rings. The Bertz CT molecular complexity index is 594. The molecule has 2 aromatic carbocycles. The first-order valence-corrected chi connectivity index (χ1v) is 8.03. The molecule has 0 saturated heterocycles. The lowest BCUT2D eigenvalue weighted by atomic mass is 9.86. The van der Waals surface area contributed by atoms with Gasteiger partial charge in [0.05, 0.1) is 0 Å². The molecule has 0 unspecified atom stereocenters. The maximum Gasteiger partial charge on any atom is 0.658 e. The van der Waals surface area contributed by atoms with E-state index in [2.05, 4.69) is 53.7 Å². The molecule has 0 amide bonds. The predicted molar refractivity (Wildman–Crippen MR) is 97.3 cm³/mol. The van der Waals surface area contributed by atoms with Crippen LogP contribution >= 0.6 is 0 Å². The third-order valence-electron chi connectivity index (χ3n) is 3.74. The molecular formula is C20H26BO2. The van der Waals surface area contributed by atoms with Gasteiger partial charge in [-0.3, -0.25) is 0 Å². The van der Waals surface area contributed by atoms with Gasteiger partial charge < -0.3 is 9.31 Å². The summed E-state index contributed by atoms with van der Waals surface area (Å²) < 4.78 is 11.6. The zero-order valence-corrected chi connectivity index (χ0v) is 15.0. The maximum absolute atomic E-state index is 5.79. The summed E-state index contributed by atoms with van der Waals surface area (Å²) in [6.45, 7) is 13.0. The van der Waals surface area contributed by atoms with E-state index >= 15 is 0 Å². The SMILES string of the molecule is CC(C)(C)c1ccccc1O[B]Oc1ccccc1C(C)(C)C. The van der Waals surface area contributed by atoms with Crippen LogP contribution in [0.4, 0.5) is 0 Å². The first kappa shape index (κ1) is 17.5. The molecule has 0 saturated carbocycles. The van der Waals surface area contributed by atoms with E-state index in [0.29, 0.717) is 0 Å². The molecule has 0 N–H and O–H groups in total. The van der Waals surface area contributed by atoms with Crippen molar-refractivity contribution in [2.45, 2.75) is 52.4 Å². The molecule has 0 spiro atoms. The van der Waals surface area contributed by atoms with Crippen molar-refractivity contribution in [2.24, 2.45) is 0 Å². The third kappa shape index (κ3) is 4.54. The number of rotatable bonds is 4. The first-order chi connectivity index (χ1) is 10.7. The van der Waals surface area contributed by atoms with Gasteiger partial charge in [-0.25, -0.2) is 0 Å². The van der Waals surface area contributed by atoms with E-state index < -0.39 is 0 Å². The molecule has 0 aromatic heterocycles. The van der Waals surface area contributed by atoms with Gasteiger partial charge in [0.15, 0.2) is 0 Å². The number of benzene rings is 2. The Morgan fingerprint density at radius 1 is 0.609 bits per heavy atom. The Morgan fingerprint density at radius 2 is 0.957 bits per heavy atom. The fourth-order valence-electron chi connectivity index (χ4n) is 2.51. The highest BCUT2D eigenvalue weighted by molar-refractivity contribution is 6.20. The zero-order valence-electron chi connectivity index (χ0n) is 15.0. The number of para-hydroxylation sites is 2. The van der Waals surface area contributed by atoms with Crippen LogP contribution in [0, 0.1) is 0 Å². The van der Waals surface area contributed by atoms with Crippen LogP contribution in [0.5, 0.6) is 11.5 Å². The van der Waals surface area contributed by atoms with Crippen LogP contribution in [0.15, 0.2) is 48.5 Å². The van der Waals surface area contributed by atoms with E-state index in [9.17, 15) is 0 Å².